The fourth-order valence-corrected chi connectivity index (χ4v) is 3.50. The summed E-state index contributed by atoms with van der Waals surface area (Å²) in [5.41, 5.74) is 0.991. The largest absolute Gasteiger partial charge is 0.126 e. The zero-order valence-corrected chi connectivity index (χ0v) is 13.3. The van der Waals surface area contributed by atoms with Gasteiger partial charge in [-0.3, -0.25) is 0 Å². The third kappa shape index (κ3) is 4.05. The van der Waals surface area contributed by atoms with Gasteiger partial charge in [-0.2, -0.15) is 0 Å². The Kier molecular flexibility index (Phi) is 6.84. The van der Waals surface area contributed by atoms with E-state index in [1.807, 2.05) is 18.2 Å². The van der Waals surface area contributed by atoms with Crippen molar-refractivity contribution in [2.75, 3.05) is 11.8 Å². The van der Waals surface area contributed by atoms with Crippen LogP contribution in [-0.4, -0.2) is 11.8 Å². The van der Waals surface area contributed by atoms with Crippen molar-refractivity contribution in [1.29, 1.82) is 0 Å². The van der Waals surface area contributed by atoms with Crippen molar-refractivity contribution in [2.45, 2.75) is 38.5 Å². The number of hydrogen-bond donors (Lipinski definition) is 0. The number of rotatable bonds is 7. The SMILES string of the molecule is CCCC(C)CC(CCl)(CCl)c1cccc(Cl)c1. The smallest absolute Gasteiger partial charge is 0.0408 e. The molecule has 1 rings (SSSR count). The summed E-state index contributed by atoms with van der Waals surface area (Å²) in [5, 5.41) is 0.746. The van der Waals surface area contributed by atoms with Gasteiger partial charge in [-0.1, -0.05) is 50.4 Å². The van der Waals surface area contributed by atoms with Gasteiger partial charge >= 0.3 is 0 Å². The summed E-state index contributed by atoms with van der Waals surface area (Å²) in [5.74, 6) is 1.68. The standard InChI is InChI=1S/C15H21Cl3/c1-3-5-12(2)9-15(10-16,11-17)13-6-4-7-14(18)8-13/h4,6-8,12H,3,5,9-11H2,1-2H3. The molecule has 0 aromatic heterocycles. The minimum absolute atomic E-state index is 0.164. The molecule has 0 amide bonds. The molecule has 0 spiro atoms. The molecule has 0 N–H and O–H groups in total. The zero-order chi connectivity index (χ0) is 13.6. The van der Waals surface area contributed by atoms with Crippen LogP contribution in [0.2, 0.25) is 5.02 Å². The minimum atomic E-state index is -0.164. The van der Waals surface area contributed by atoms with Crippen LogP contribution >= 0.6 is 34.8 Å². The summed E-state index contributed by atoms with van der Waals surface area (Å²) in [6.45, 7) is 4.47. The molecule has 0 saturated carbocycles. The maximum absolute atomic E-state index is 6.23. The second-order valence-corrected chi connectivity index (χ2v) is 6.13. The molecule has 0 bridgehead atoms. The van der Waals surface area contributed by atoms with E-state index in [9.17, 15) is 0 Å². The maximum atomic E-state index is 6.23. The molecule has 1 unspecified atom stereocenters. The summed E-state index contributed by atoms with van der Waals surface area (Å²) in [4.78, 5) is 0. The van der Waals surface area contributed by atoms with E-state index in [1.165, 1.54) is 12.8 Å². The van der Waals surface area contributed by atoms with Gasteiger partial charge < -0.3 is 0 Å². The lowest BCUT2D eigenvalue weighted by molar-refractivity contribution is 0.368. The van der Waals surface area contributed by atoms with E-state index in [0.717, 1.165) is 17.0 Å². The monoisotopic (exact) mass is 306 g/mol. The van der Waals surface area contributed by atoms with Crippen molar-refractivity contribution in [3.05, 3.63) is 34.9 Å². The van der Waals surface area contributed by atoms with Crippen LogP contribution in [0.25, 0.3) is 0 Å². The van der Waals surface area contributed by atoms with Crippen molar-refractivity contribution in [3.63, 3.8) is 0 Å². The molecule has 18 heavy (non-hydrogen) atoms. The van der Waals surface area contributed by atoms with Crippen LogP contribution in [0.15, 0.2) is 24.3 Å². The molecule has 0 nitrogen and oxygen atoms in total. The quantitative estimate of drug-likeness (QED) is 0.552. The molecule has 1 aromatic carbocycles. The minimum Gasteiger partial charge on any atom is -0.126 e. The van der Waals surface area contributed by atoms with Gasteiger partial charge in [-0.15, -0.1) is 23.2 Å². The molecular weight excluding hydrogens is 287 g/mol. The zero-order valence-electron chi connectivity index (χ0n) is 11.1. The Morgan fingerprint density at radius 3 is 2.39 bits per heavy atom. The van der Waals surface area contributed by atoms with E-state index in [2.05, 4.69) is 19.9 Å². The lowest BCUT2D eigenvalue weighted by Gasteiger charge is -2.33. The first kappa shape index (κ1) is 16.1. The Balaban J connectivity index is 2.99. The summed E-state index contributed by atoms with van der Waals surface area (Å²) in [6, 6.07) is 7.92. The molecule has 0 radical (unpaired) electrons. The number of hydrogen-bond acceptors (Lipinski definition) is 0. The van der Waals surface area contributed by atoms with Gasteiger partial charge in [0.25, 0.3) is 0 Å². The van der Waals surface area contributed by atoms with Gasteiger partial charge in [0.15, 0.2) is 0 Å². The first-order valence-electron chi connectivity index (χ1n) is 6.46. The van der Waals surface area contributed by atoms with Gasteiger partial charge in [0, 0.05) is 22.2 Å². The second kappa shape index (κ2) is 7.62. The van der Waals surface area contributed by atoms with E-state index < -0.39 is 0 Å². The third-order valence-electron chi connectivity index (χ3n) is 3.47. The fourth-order valence-electron chi connectivity index (χ4n) is 2.50. The normalized spacial score (nSPS) is 13.6. The van der Waals surface area contributed by atoms with Crippen molar-refractivity contribution in [1.82, 2.24) is 0 Å². The molecule has 1 aromatic rings. The van der Waals surface area contributed by atoms with Crippen LogP contribution in [-0.2, 0) is 5.41 Å². The maximum Gasteiger partial charge on any atom is 0.0408 e. The van der Waals surface area contributed by atoms with Gasteiger partial charge in [-0.25, -0.2) is 0 Å². The Hall–Kier alpha value is 0.0900. The lowest BCUT2D eigenvalue weighted by atomic mass is 9.76. The van der Waals surface area contributed by atoms with Crippen LogP contribution < -0.4 is 0 Å². The van der Waals surface area contributed by atoms with Gasteiger partial charge in [0.05, 0.1) is 0 Å². The first-order valence-corrected chi connectivity index (χ1v) is 7.90. The van der Waals surface area contributed by atoms with Crippen molar-refractivity contribution >= 4 is 34.8 Å². The highest BCUT2D eigenvalue weighted by Gasteiger charge is 2.32. The highest BCUT2D eigenvalue weighted by Crippen LogP contribution is 2.36. The predicted octanol–water partition coefficient (Wildman–Crippen LogP) is 5.88. The van der Waals surface area contributed by atoms with Crippen molar-refractivity contribution in [2.24, 2.45) is 5.92 Å². The highest BCUT2D eigenvalue weighted by atomic mass is 35.5. The summed E-state index contributed by atoms with van der Waals surface area (Å²) in [6.07, 6.45) is 3.40. The Morgan fingerprint density at radius 1 is 1.22 bits per heavy atom. The fraction of sp³-hybridized carbons (Fsp3) is 0.600. The molecular formula is C15H21Cl3. The molecule has 0 aliphatic rings. The average Bonchev–Trinajstić information content (AvgIpc) is 2.36. The summed E-state index contributed by atoms with van der Waals surface area (Å²) >= 11 is 18.5. The molecule has 0 aliphatic carbocycles. The van der Waals surface area contributed by atoms with E-state index >= 15 is 0 Å². The second-order valence-electron chi connectivity index (χ2n) is 5.16. The van der Waals surface area contributed by atoms with Crippen LogP contribution in [0.4, 0.5) is 0 Å². The lowest BCUT2D eigenvalue weighted by Crippen LogP contribution is -2.32. The average molecular weight is 308 g/mol. The Bertz CT molecular complexity index is 359. The molecule has 102 valence electrons. The first-order chi connectivity index (χ1) is 8.57. The van der Waals surface area contributed by atoms with Gasteiger partial charge in [0.2, 0.25) is 0 Å². The van der Waals surface area contributed by atoms with Crippen molar-refractivity contribution in [3.8, 4) is 0 Å². The van der Waals surface area contributed by atoms with Crippen LogP contribution in [0.5, 0.6) is 0 Å². The highest BCUT2D eigenvalue weighted by molar-refractivity contribution is 6.30. The van der Waals surface area contributed by atoms with E-state index in [1.54, 1.807) is 0 Å². The topological polar surface area (TPSA) is 0 Å². The number of halogens is 3. The van der Waals surface area contributed by atoms with E-state index in [-0.39, 0.29) is 5.41 Å². The van der Waals surface area contributed by atoms with Gasteiger partial charge in [0.1, 0.15) is 0 Å². The number of alkyl halides is 2. The van der Waals surface area contributed by atoms with Crippen LogP contribution in [0.3, 0.4) is 0 Å². The van der Waals surface area contributed by atoms with E-state index in [4.69, 9.17) is 34.8 Å². The number of benzene rings is 1. The molecule has 0 heterocycles. The Morgan fingerprint density at radius 2 is 1.89 bits per heavy atom. The van der Waals surface area contributed by atoms with Crippen LogP contribution in [0, 0.1) is 5.92 Å². The van der Waals surface area contributed by atoms with Gasteiger partial charge in [-0.05, 0) is 30.0 Å². The summed E-state index contributed by atoms with van der Waals surface area (Å²) in [7, 11) is 0. The van der Waals surface area contributed by atoms with E-state index in [0.29, 0.717) is 17.7 Å². The molecule has 1 atom stereocenters. The molecule has 0 aliphatic heterocycles. The Labute approximate surface area is 126 Å². The molecule has 3 heteroatoms. The van der Waals surface area contributed by atoms with Crippen LogP contribution in [0.1, 0.15) is 38.7 Å². The van der Waals surface area contributed by atoms with Crippen molar-refractivity contribution < 1.29 is 0 Å². The molecule has 0 fully saturated rings. The predicted molar refractivity (Wildman–Crippen MR) is 83.3 cm³/mol. The third-order valence-corrected chi connectivity index (χ3v) is 4.73. The molecule has 0 saturated heterocycles. The summed E-state index contributed by atoms with van der Waals surface area (Å²) < 4.78 is 0.